The van der Waals surface area contributed by atoms with E-state index in [1.54, 1.807) is 0 Å². The normalized spacial score (nSPS) is 19.0. The molecule has 8 nitrogen and oxygen atoms in total. The van der Waals surface area contributed by atoms with Gasteiger partial charge in [0.15, 0.2) is 0 Å². The molecule has 2 N–H and O–H groups in total. The third-order valence-corrected chi connectivity index (χ3v) is 4.60. The van der Waals surface area contributed by atoms with Crippen molar-refractivity contribution in [1.29, 1.82) is 0 Å². The molecule has 0 bridgehead atoms. The number of hydrogen-bond donors (Lipinski definition) is 2. The SMILES string of the molecule is COc1cc(OC)nc(NS(=O)(=O)CC2CCCNC2)n1. The molecule has 1 aromatic rings. The van der Waals surface area contributed by atoms with Crippen molar-refractivity contribution in [3.8, 4) is 11.8 Å². The Labute approximate surface area is 124 Å². The Kier molecular flexibility index (Phi) is 5.18. The van der Waals surface area contributed by atoms with Crippen molar-refractivity contribution < 1.29 is 17.9 Å². The molecule has 0 aliphatic carbocycles. The molecule has 0 spiro atoms. The van der Waals surface area contributed by atoms with E-state index < -0.39 is 10.0 Å². The fourth-order valence-corrected chi connectivity index (χ4v) is 3.57. The first-order valence-corrected chi connectivity index (χ1v) is 8.36. The highest BCUT2D eigenvalue weighted by atomic mass is 32.2. The molecule has 0 amide bonds. The van der Waals surface area contributed by atoms with E-state index in [1.165, 1.54) is 20.3 Å². The van der Waals surface area contributed by atoms with Gasteiger partial charge in [-0.3, -0.25) is 4.72 Å². The summed E-state index contributed by atoms with van der Waals surface area (Å²) < 4.78 is 36.7. The topological polar surface area (TPSA) is 102 Å². The quantitative estimate of drug-likeness (QED) is 0.774. The molecule has 1 atom stereocenters. The van der Waals surface area contributed by atoms with E-state index in [-0.39, 0.29) is 29.4 Å². The van der Waals surface area contributed by atoms with Crippen molar-refractivity contribution in [3.63, 3.8) is 0 Å². The first kappa shape index (κ1) is 15.8. The van der Waals surface area contributed by atoms with Crippen molar-refractivity contribution in [1.82, 2.24) is 15.3 Å². The van der Waals surface area contributed by atoms with Gasteiger partial charge in [0.1, 0.15) is 0 Å². The predicted octanol–water partition coefficient (Wildman–Crippen LogP) is 0.235. The summed E-state index contributed by atoms with van der Waals surface area (Å²) >= 11 is 0. The van der Waals surface area contributed by atoms with Gasteiger partial charge in [0.25, 0.3) is 0 Å². The molecule has 0 radical (unpaired) electrons. The summed E-state index contributed by atoms with van der Waals surface area (Å²) in [7, 11) is -0.634. The van der Waals surface area contributed by atoms with Gasteiger partial charge in [0.2, 0.25) is 27.7 Å². The summed E-state index contributed by atoms with van der Waals surface area (Å²) in [5, 5.41) is 3.19. The van der Waals surface area contributed by atoms with Crippen molar-refractivity contribution >= 4 is 16.0 Å². The monoisotopic (exact) mass is 316 g/mol. The largest absolute Gasteiger partial charge is 0.481 e. The maximum absolute atomic E-state index is 12.2. The van der Waals surface area contributed by atoms with Crippen LogP contribution in [0.2, 0.25) is 0 Å². The van der Waals surface area contributed by atoms with E-state index in [0.29, 0.717) is 6.54 Å². The van der Waals surface area contributed by atoms with Crippen LogP contribution < -0.4 is 19.5 Å². The Hall–Kier alpha value is -1.61. The number of nitrogens with zero attached hydrogens (tertiary/aromatic N) is 2. The van der Waals surface area contributed by atoms with Gasteiger partial charge in [-0.25, -0.2) is 8.42 Å². The van der Waals surface area contributed by atoms with Gasteiger partial charge in [-0.05, 0) is 31.8 Å². The van der Waals surface area contributed by atoms with Crippen LogP contribution in [0.4, 0.5) is 5.95 Å². The molecule has 0 saturated carbocycles. The van der Waals surface area contributed by atoms with Crippen molar-refractivity contribution in [2.75, 3.05) is 37.8 Å². The lowest BCUT2D eigenvalue weighted by Crippen LogP contribution is -2.35. The summed E-state index contributed by atoms with van der Waals surface area (Å²) in [6.45, 7) is 1.66. The van der Waals surface area contributed by atoms with Crippen LogP contribution in [0.5, 0.6) is 11.8 Å². The minimum absolute atomic E-state index is 0.0445. The third-order valence-electron chi connectivity index (χ3n) is 3.20. The maximum atomic E-state index is 12.2. The smallest absolute Gasteiger partial charge is 0.243 e. The molecule has 1 unspecified atom stereocenters. The van der Waals surface area contributed by atoms with Gasteiger partial charge in [-0.15, -0.1) is 0 Å². The second kappa shape index (κ2) is 6.90. The zero-order valence-electron chi connectivity index (χ0n) is 12.1. The average Bonchev–Trinajstić information content (AvgIpc) is 2.46. The van der Waals surface area contributed by atoms with Crippen LogP contribution in [0.1, 0.15) is 12.8 Å². The molecule has 1 aromatic heterocycles. The highest BCUT2D eigenvalue weighted by Crippen LogP contribution is 2.19. The van der Waals surface area contributed by atoms with E-state index >= 15 is 0 Å². The maximum Gasteiger partial charge on any atom is 0.243 e. The summed E-state index contributed by atoms with van der Waals surface area (Å²) in [6.07, 6.45) is 1.89. The average molecular weight is 316 g/mol. The Morgan fingerprint density at radius 2 is 2.00 bits per heavy atom. The first-order chi connectivity index (χ1) is 10.0. The van der Waals surface area contributed by atoms with Crippen LogP contribution in [0, 0.1) is 5.92 Å². The zero-order chi connectivity index (χ0) is 15.3. The van der Waals surface area contributed by atoms with Gasteiger partial charge < -0.3 is 14.8 Å². The van der Waals surface area contributed by atoms with Gasteiger partial charge >= 0.3 is 0 Å². The van der Waals surface area contributed by atoms with Crippen molar-refractivity contribution in [2.45, 2.75) is 12.8 Å². The molecular formula is C12H20N4O4S. The Balaban J connectivity index is 2.08. The number of hydrogen-bond acceptors (Lipinski definition) is 7. The van der Waals surface area contributed by atoms with E-state index in [0.717, 1.165) is 19.4 Å². The molecule has 1 aliphatic rings. The molecular weight excluding hydrogens is 296 g/mol. The molecule has 2 rings (SSSR count). The summed E-state index contributed by atoms with van der Waals surface area (Å²) in [5.41, 5.74) is 0. The summed E-state index contributed by atoms with van der Waals surface area (Å²) in [6, 6.07) is 1.48. The molecule has 1 aliphatic heterocycles. The summed E-state index contributed by atoms with van der Waals surface area (Å²) in [5.74, 6) is 0.569. The lowest BCUT2D eigenvalue weighted by atomic mass is 10.0. The van der Waals surface area contributed by atoms with Crippen molar-refractivity contribution in [3.05, 3.63) is 6.07 Å². The Bertz CT molecular complexity index is 550. The minimum Gasteiger partial charge on any atom is -0.481 e. The third kappa shape index (κ3) is 4.71. The molecule has 21 heavy (non-hydrogen) atoms. The van der Waals surface area contributed by atoms with E-state index in [4.69, 9.17) is 9.47 Å². The van der Waals surface area contributed by atoms with Crippen LogP contribution >= 0.6 is 0 Å². The minimum atomic E-state index is -3.51. The highest BCUT2D eigenvalue weighted by molar-refractivity contribution is 7.92. The van der Waals surface area contributed by atoms with Gasteiger partial charge in [0.05, 0.1) is 26.0 Å². The standard InChI is InChI=1S/C12H20N4O4S/c1-19-10-6-11(20-2)15-12(14-10)16-21(17,18)8-9-4-3-5-13-7-9/h6,9,13H,3-5,7-8H2,1-2H3,(H,14,15,16). The fraction of sp³-hybridized carbons (Fsp3) is 0.667. The molecule has 1 saturated heterocycles. The molecule has 2 heterocycles. The van der Waals surface area contributed by atoms with Gasteiger partial charge in [-0.2, -0.15) is 9.97 Å². The van der Waals surface area contributed by atoms with Crippen LogP contribution in [0.15, 0.2) is 6.07 Å². The molecule has 1 fully saturated rings. The van der Waals surface area contributed by atoms with Gasteiger partial charge in [-0.1, -0.05) is 0 Å². The van der Waals surface area contributed by atoms with Crippen LogP contribution in [-0.4, -0.2) is 51.4 Å². The van der Waals surface area contributed by atoms with E-state index in [1.807, 2.05) is 0 Å². The molecule has 0 aromatic carbocycles. The Morgan fingerprint density at radius 1 is 1.33 bits per heavy atom. The first-order valence-electron chi connectivity index (χ1n) is 6.70. The van der Waals surface area contributed by atoms with Crippen LogP contribution in [0.25, 0.3) is 0 Å². The summed E-state index contributed by atoms with van der Waals surface area (Å²) in [4.78, 5) is 7.92. The van der Waals surface area contributed by atoms with Crippen LogP contribution in [0.3, 0.4) is 0 Å². The lowest BCUT2D eigenvalue weighted by molar-refractivity contribution is 0.373. The van der Waals surface area contributed by atoms with Crippen LogP contribution in [-0.2, 0) is 10.0 Å². The number of aromatic nitrogens is 2. The second-order valence-electron chi connectivity index (χ2n) is 4.87. The highest BCUT2D eigenvalue weighted by Gasteiger charge is 2.22. The number of rotatable bonds is 6. The second-order valence-corrected chi connectivity index (χ2v) is 6.64. The van der Waals surface area contributed by atoms with E-state index in [2.05, 4.69) is 20.0 Å². The fourth-order valence-electron chi connectivity index (χ4n) is 2.22. The zero-order valence-corrected chi connectivity index (χ0v) is 12.9. The number of nitrogens with one attached hydrogen (secondary N) is 2. The molecule has 9 heteroatoms. The number of piperidine rings is 1. The number of methoxy groups -OCH3 is 2. The molecule has 118 valence electrons. The lowest BCUT2D eigenvalue weighted by Gasteiger charge is -2.22. The Morgan fingerprint density at radius 3 is 2.52 bits per heavy atom. The van der Waals surface area contributed by atoms with E-state index in [9.17, 15) is 8.42 Å². The number of ether oxygens (including phenoxy) is 2. The predicted molar refractivity (Wildman–Crippen MR) is 78.1 cm³/mol. The van der Waals surface area contributed by atoms with Crippen molar-refractivity contribution in [2.24, 2.45) is 5.92 Å². The number of anilines is 1. The van der Waals surface area contributed by atoms with Gasteiger partial charge in [0, 0.05) is 0 Å². The number of sulfonamides is 1.